The van der Waals surface area contributed by atoms with Gasteiger partial charge in [0.25, 0.3) is 0 Å². The zero-order valence-corrected chi connectivity index (χ0v) is 15.2. The topological polar surface area (TPSA) is 45.5 Å². The highest BCUT2D eigenvalue weighted by Crippen LogP contribution is 2.66. The number of allylic oxidation sites excluding steroid dienone is 1. The average molecular weight is 350 g/mol. The van der Waals surface area contributed by atoms with Crippen LogP contribution in [0.1, 0.15) is 67.6 Å². The number of carbonyl (C=O) groups is 1. The Morgan fingerprint density at radius 3 is 3.27 bits per heavy atom. The molecule has 5 rings (SSSR count). The number of amides is 1. The van der Waals surface area contributed by atoms with E-state index in [0.717, 1.165) is 56.7 Å². The Labute approximate surface area is 155 Å². The third-order valence-corrected chi connectivity index (χ3v) is 6.92. The van der Waals surface area contributed by atoms with Gasteiger partial charge in [0, 0.05) is 31.2 Å². The van der Waals surface area contributed by atoms with E-state index in [-0.39, 0.29) is 17.5 Å². The molecule has 1 spiro atoms. The van der Waals surface area contributed by atoms with Crippen LogP contribution in [-0.4, -0.2) is 29.9 Å². The maximum Gasteiger partial charge on any atom is 0.223 e. The summed E-state index contributed by atoms with van der Waals surface area (Å²) in [7, 11) is 0. The van der Waals surface area contributed by atoms with Crippen molar-refractivity contribution in [2.24, 2.45) is 5.41 Å². The summed E-state index contributed by atoms with van der Waals surface area (Å²) in [5, 5.41) is 3.62. The standard InChI is InChI=1S/C22H26N2O2/c1-2-3-8-16-12-17-18-10-11-23-14-22(18)13-15-7-5-4-6-9-19(25)24(15)21(22)20(17)26-16/h1,5,7,12,15,18,21,23H,3-4,6,8-11,13-14H2/b7-5-/t15-,18-,21-,22-/m1/s1. The molecule has 26 heavy (non-hydrogen) atoms. The monoisotopic (exact) mass is 350 g/mol. The van der Waals surface area contributed by atoms with Crippen molar-refractivity contribution in [2.45, 2.75) is 62.9 Å². The molecular weight excluding hydrogens is 324 g/mol. The maximum absolute atomic E-state index is 13.1. The number of carbonyl (C=O) groups excluding carboxylic acids is 1. The lowest BCUT2D eigenvalue weighted by Gasteiger charge is -2.40. The summed E-state index contributed by atoms with van der Waals surface area (Å²) in [6.45, 7) is 2.01. The predicted octanol–water partition coefficient (Wildman–Crippen LogP) is 3.30. The van der Waals surface area contributed by atoms with E-state index >= 15 is 0 Å². The van der Waals surface area contributed by atoms with E-state index in [9.17, 15) is 4.79 Å². The molecule has 4 heteroatoms. The van der Waals surface area contributed by atoms with E-state index in [4.69, 9.17) is 10.8 Å². The van der Waals surface area contributed by atoms with Crippen molar-refractivity contribution in [1.29, 1.82) is 0 Å². The third kappa shape index (κ3) is 2.16. The van der Waals surface area contributed by atoms with E-state index in [0.29, 0.717) is 24.7 Å². The van der Waals surface area contributed by atoms with Crippen LogP contribution in [-0.2, 0) is 11.2 Å². The first-order chi connectivity index (χ1) is 12.7. The van der Waals surface area contributed by atoms with Crippen LogP contribution in [0.4, 0.5) is 0 Å². The smallest absolute Gasteiger partial charge is 0.223 e. The summed E-state index contributed by atoms with van der Waals surface area (Å²) in [5.41, 5.74) is 1.44. The Hall–Kier alpha value is -1.99. The quantitative estimate of drug-likeness (QED) is 0.657. The summed E-state index contributed by atoms with van der Waals surface area (Å²) < 4.78 is 6.36. The average Bonchev–Trinajstić information content (AvgIpc) is 3.23. The second kappa shape index (κ2) is 6.03. The van der Waals surface area contributed by atoms with Gasteiger partial charge in [0.15, 0.2) is 0 Å². The highest BCUT2D eigenvalue weighted by Gasteiger charge is 2.64. The fourth-order valence-corrected chi connectivity index (χ4v) is 5.92. The Morgan fingerprint density at radius 2 is 2.38 bits per heavy atom. The molecule has 0 saturated carbocycles. The first-order valence-corrected chi connectivity index (χ1v) is 9.99. The number of hydrogen-bond donors (Lipinski definition) is 1. The van der Waals surface area contributed by atoms with Crippen molar-refractivity contribution in [1.82, 2.24) is 10.2 Å². The van der Waals surface area contributed by atoms with Crippen molar-refractivity contribution in [3.8, 4) is 12.3 Å². The fraction of sp³-hybridized carbons (Fsp3) is 0.591. The number of furan rings is 1. The minimum Gasteiger partial charge on any atom is -0.464 e. The summed E-state index contributed by atoms with van der Waals surface area (Å²) in [6.07, 6.45) is 16.2. The lowest BCUT2D eigenvalue weighted by molar-refractivity contribution is -0.135. The van der Waals surface area contributed by atoms with Crippen molar-refractivity contribution >= 4 is 5.91 Å². The van der Waals surface area contributed by atoms with E-state index < -0.39 is 0 Å². The Bertz CT molecular complexity index is 802. The second-order valence-corrected chi connectivity index (χ2v) is 8.28. The van der Waals surface area contributed by atoms with Crippen molar-refractivity contribution in [2.75, 3.05) is 13.1 Å². The van der Waals surface area contributed by atoms with Crippen molar-refractivity contribution in [3.63, 3.8) is 0 Å². The van der Waals surface area contributed by atoms with Gasteiger partial charge >= 0.3 is 0 Å². The number of hydrogen-bond acceptors (Lipinski definition) is 3. The Morgan fingerprint density at radius 1 is 1.46 bits per heavy atom. The van der Waals surface area contributed by atoms with Gasteiger partial charge in [0.2, 0.25) is 5.91 Å². The normalized spacial score (nSPS) is 36.3. The van der Waals surface area contributed by atoms with E-state index in [1.165, 1.54) is 5.56 Å². The third-order valence-electron chi connectivity index (χ3n) is 6.92. The molecule has 1 aromatic rings. The van der Waals surface area contributed by atoms with Crippen LogP contribution in [0.15, 0.2) is 22.6 Å². The zero-order chi connectivity index (χ0) is 17.7. The van der Waals surface area contributed by atoms with Crippen LogP contribution in [0, 0.1) is 17.8 Å². The first kappa shape index (κ1) is 16.2. The SMILES string of the molecule is C#CCCc1cc2c(o1)[C@H]1N3C(=O)CCC/C=C\[C@@H]3C[C@]13CNCC[C@H]23. The number of rotatable bonds is 2. The van der Waals surface area contributed by atoms with Crippen LogP contribution in [0.3, 0.4) is 0 Å². The molecule has 1 N–H and O–H groups in total. The van der Waals surface area contributed by atoms with E-state index in [1.54, 1.807) is 0 Å². The van der Waals surface area contributed by atoms with Crippen LogP contribution >= 0.6 is 0 Å². The van der Waals surface area contributed by atoms with Gasteiger partial charge in [-0.3, -0.25) is 4.79 Å². The van der Waals surface area contributed by atoms with Crippen LogP contribution in [0.2, 0.25) is 0 Å². The summed E-state index contributed by atoms with van der Waals surface area (Å²) in [6, 6.07) is 2.53. The van der Waals surface area contributed by atoms with Gasteiger partial charge in [0.1, 0.15) is 11.5 Å². The number of nitrogens with zero attached hydrogens (tertiary/aromatic N) is 1. The molecule has 2 fully saturated rings. The van der Waals surface area contributed by atoms with Gasteiger partial charge in [-0.1, -0.05) is 12.2 Å². The number of aryl methyl sites for hydroxylation is 1. The highest BCUT2D eigenvalue weighted by atomic mass is 16.3. The van der Waals surface area contributed by atoms with Crippen LogP contribution < -0.4 is 5.32 Å². The molecule has 4 heterocycles. The molecule has 2 saturated heterocycles. The second-order valence-electron chi connectivity index (χ2n) is 8.28. The predicted molar refractivity (Wildman–Crippen MR) is 99.5 cm³/mol. The molecule has 0 bridgehead atoms. The fourth-order valence-electron chi connectivity index (χ4n) is 5.92. The summed E-state index contributed by atoms with van der Waals surface area (Å²) >= 11 is 0. The van der Waals surface area contributed by atoms with E-state index in [1.807, 2.05) is 0 Å². The zero-order valence-electron chi connectivity index (χ0n) is 15.2. The van der Waals surface area contributed by atoms with Crippen molar-refractivity contribution in [3.05, 3.63) is 35.3 Å². The molecule has 4 aliphatic rings. The van der Waals surface area contributed by atoms with E-state index in [2.05, 4.69) is 34.4 Å². The van der Waals surface area contributed by atoms with Gasteiger partial charge in [0.05, 0.1) is 12.1 Å². The molecule has 1 aliphatic carbocycles. The Balaban J connectivity index is 1.60. The first-order valence-electron chi connectivity index (χ1n) is 9.99. The lowest BCUT2D eigenvalue weighted by Crippen LogP contribution is -2.45. The number of terminal acetylenes is 1. The van der Waals surface area contributed by atoms with Gasteiger partial charge in [-0.2, -0.15) is 0 Å². The Kier molecular flexibility index (Phi) is 3.76. The molecule has 0 unspecified atom stereocenters. The molecule has 0 radical (unpaired) electrons. The summed E-state index contributed by atoms with van der Waals surface area (Å²) in [4.78, 5) is 15.2. The maximum atomic E-state index is 13.1. The molecule has 1 amide bonds. The lowest BCUT2D eigenvalue weighted by atomic mass is 9.69. The molecule has 3 aliphatic heterocycles. The van der Waals surface area contributed by atoms with Gasteiger partial charge in [-0.05, 0) is 49.8 Å². The van der Waals surface area contributed by atoms with Crippen molar-refractivity contribution < 1.29 is 9.21 Å². The van der Waals surface area contributed by atoms with Crippen LogP contribution in [0.5, 0.6) is 0 Å². The van der Waals surface area contributed by atoms with Gasteiger partial charge in [-0.15, -0.1) is 12.3 Å². The molecule has 4 nitrogen and oxygen atoms in total. The van der Waals surface area contributed by atoms with Gasteiger partial charge < -0.3 is 14.6 Å². The molecule has 136 valence electrons. The molecule has 4 atom stereocenters. The minimum atomic E-state index is 0.0788. The van der Waals surface area contributed by atoms with Crippen LogP contribution in [0.25, 0.3) is 0 Å². The summed E-state index contributed by atoms with van der Waals surface area (Å²) in [5.74, 6) is 5.52. The number of fused-ring (bicyclic) bond motifs is 5. The molecule has 1 aromatic heterocycles. The molecule has 0 aromatic carbocycles. The number of nitrogens with one attached hydrogen (secondary N) is 1. The minimum absolute atomic E-state index is 0.0788. The number of piperidine rings is 1. The highest BCUT2D eigenvalue weighted by molar-refractivity contribution is 5.78. The molecular formula is C22H26N2O2. The largest absolute Gasteiger partial charge is 0.464 e. The van der Waals surface area contributed by atoms with Gasteiger partial charge in [-0.25, -0.2) is 0 Å².